The number of aryl methyl sites for hydroxylation is 1. The van der Waals surface area contributed by atoms with Gasteiger partial charge < -0.3 is 20.4 Å². The Balaban J connectivity index is 1.55. The first-order valence-corrected chi connectivity index (χ1v) is 10.1. The second-order valence-corrected chi connectivity index (χ2v) is 7.63. The summed E-state index contributed by atoms with van der Waals surface area (Å²) in [6.45, 7) is 7.54. The topological polar surface area (TPSA) is 72.5 Å². The highest BCUT2D eigenvalue weighted by Gasteiger charge is 2.17. The number of amides is 1. The zero-order valence-corrected chi connectivity index (χ0v) is 16.9. The van der Waals surface area contributed by atoms with E-state index < -0.39 is 0 Å². The van der Waals surface area contributed by atoms with E-state index in [1.165, 1.54) is 11.1 Å². The van der Waals surface area contributed by atoms with E-state index >= 15 is 0 Å². The molecule has 0 atom stereocenters. The highest BCUT2D eigenvalue weighted by atomic mass is 16.5. The molecule has 29 heavy (non-hydrogen) atoms. The molecule has 1 aromatic heterocycles. The number of fused-ring (bicyclic) bond motifs is 1. The van der Waals surface area contributed by atoms with Gasteiger partial charge in [0.15, 0.2) is 0 Å². The lowest BCUT2D eigenvalue weighted by molar-refractivity contribution is 0.0383. The molecule has 0 spiro atoms. The summed E-state index contributed by atoms with van der Waals surface area (Å²) in [5.41, 5.74) is 10.7. The van der Waals surface area contributed by atoms with Crippen molar-refractivity contribution in [3.63, 3.8) is 0 Å². The Morgan fingerprint density at radius 3 is 2.76 bits per heavy atom. The number of carbonyl (C=O) groups is 1. The maximum atomic E-state index is 13.0. The van der Waals surface area contributed by atoms with Gasteiger partial charge in [-0.3, -0.25) is 9.69 Å². The lowest BCUT2D eigenvalue weighted by Gasteiger charge is -2.26. The van der Waals surface area contributed by atoms with Crippen LogP contribution in [-0.4, -0.2) is 54.8 Å². The molecular formula is C23H28N4O2. The molecule has 1 saturated heterocycles. The van der Waals surface area contributed by atoms with E-state index in [0.29, 0.717) is 24.5 Å². The maximum Gasteiger partial charge on any atom is 0.267 e. The van der Waals surface area contributed by atoms with Crippen LogP contribution in [0.1, 0.15) is 21.6 Å². The van der Waals surface area contributed by atoms with Gasteiger partial charge in [0.1, 0.15) is 5.69 Å². The van der Waals surface area contributed by atoms with Gasteiger partial charge in [-0.05, 0) is 36.8 Å². The third kappa shape index (κ3) is 4.60. The van der Waals surface area contributed by atoms with E-state index in [0.717, 1.165) is 43.8 Å². The van der Waals surface area contributed by atoms with E-state index in [1.54, 1.807) is 0 Å². The number of nitrogens with two attached hydrogens (primary N) is 1. The van der Waals surface area contributed by atoms with Crippen molar-refractivity contribution in [2.75, 3.05) is 45.1 Å². The Kier molecular flexibility index (Phi) is 5.83. The van der Waals surface area contributed by atoms with Crippen molar-refractivity contribution in [2.24, 2.45) is 0 Å². The van der Waals surface area contributed by atoms with Crippen LogP contribution in [0.2, 0.25) is 0 Å². The SMILES string of the molecule is Cc1cccc(Cn2c(C(=O)NCCN3CCOCC3)cc3cc(N)ccc32)c1. The number of aromatic nitrogens is 1. The van der Waals surface area contributed by atoms with Crippen LogP contribution >= 0.6 is 0 Å². The fourth-order valence-corrected chi connectivity index (χ4v) is 3.88. The zero-order valence-electron chi connectivity index (χ0n) is 16.9. The fourth-order valence-electron chi connectivity index (χ4n) is 3.88. The number of carbonyl (C=O) groups excluding carboxylic acids is 1. The van der Waals surface area contributed by atoms with Crippen LogP contribution in [0.3, 0.4) is 0 Å². The van der Waals surface area contributed by atoms with Gasteiger partial charge in [0.05, 0.1) is 13.2 Å². The van der Waals surface area contributed by atoms with Crippen molar-refractivity contribution in [3.8, 4) is 0 Å². The third-order valence-corrected chi connectivity index (χ3v) is 5.40. The second-order valence-electron chi connectivity index (χ2n) is 7.63. The first-order chi connectivity index (χ1) is 14.1. The van der Waals surface area contributed by atoms with Crippen molar-refractivity contribution in [3.05, 3.63) is 65.4 Å². The normalized spacial score (nSPS) is 14.9. The molecule has 2 heterocycles. The van der Waals surface area contributed by atoms with Gasteiger partial charge in [-0.15, -0.1) is 0 Å². The Morgan fingerprint density at radius 1 is 1.14 bits per heavy atom. The Labute approximate surface area is 171 Å². The summed E-state index contributed by atoms with van der Waals surface area (Å²) in [7, 11) is 0. The molecule has 1 fully saturated rings. The summed E-state index contributed by atoms with van der Waals surface area (Å²) < 4.78 is 7.45. The lowest BCUT2D eigenvalue weighted by atomic mass is 10.1. The van der Waals surface area contributed by atoms with Crippen LogP contribution in [0, 0.1) is 6.92 Å². The molecule has 0 saturated carbocycles. The van der Waals surface area contributed by atoms with Crippen LogP contribution in [0.5, 0.6) is 0 Å². The summed E-state index contributed by atoms with van der Waals surface area (Å²) in [5.74, 6) is -0.0549. The number of nitrogens with zero attached hydrogens (tertiary/aromatic N) is 2. The van der Waals surface area contributed by atoms with Crippen LogP contribution in [0.25, 0.3) is 10.9 Å². The Bertz CT molecular complexity index is 1010. The predicted octanol–water partition coefficient (Wildman–Crippen LogP) is 2.64. The molecule has 6 nitrogen and oxygen atoms in total. The first kappa shape index (κ1) is 19.5. The van der Waals surface area contributed by atoms with Crippen molar-refractivity contribution in [1.82, 2.24) is 14.8 Å². The summed E-state index contributed by atoms with van der Waals surface area (Å²) >= 11 is 0. The molecule has 1 aliphatic rings. The second kappa shape index (κ2) is 8.68. The monoisotopic (exact) mass is 392 g/mol. The molecule has 2 aromatic carbocycles. The van der Waals surface area contributed by atoms with E-state index in [9.17, 15) is 4.79 Å². The van der Waals surface area contributed by atoms with Gasteiger partial charge in [-0.1, -0.05) is 29.8 Å². The minimum absolute atomic E-state index is 0.0549. The molecule has 1 amide bonds. The summed E-state index contributed by atoms with van der Waals surface area (Å²) in [4.78, 5) is 15.3. The van der Waals surface area contributed by atoms with E-state index in [1.807, 2.05) is 24.3 Å². The largest absolute Gasteiger partial charge is 0.399 e. The van der Waals surface area contributed by atoms with Crippen LogP contribution in [0.4, 0.5) is 5.69 Å². The molecule has 3 aromatic rings. The Hall–Kier alpha value is -2.83. The molecule has 0 bridgehead atoms. The van der Waals surface area contributed by atoms with E-state index in [-0.39, 0.29) is 5.91 Å². The average Bonchev–Trinajstić information content (AvgIpc) is 3.06. The highest BCUT2D eigenvalue weighted by molar-refractivity contribution is 5.99. The van der Waals surface area contributed by atoms with Crippen molar-refractivity contribution in [2.45, 2.75) is 13.5 Å². The van der Waals surface area contributed by atoms with Crippen molar-refractivity contribution >= 4 is 22.5 Å². The number of nitrogens with one attached hydrogen (secondary N) is 1. The summed E-state index contributed by atoms with van der Waals surface area (Å²) in [6, 6.07) is 16.1. The smallest absolute Gasteiger partial charge is 0.267 e. The summed E-state index contributed by atoms with van der Waals surface area (Å²) in [5, 5.41) is 4.07. The van der Waals surface area contributed by atoms with Crippen molar-refractivity contribution in [1.29, 1.82) is 0 Å². The average molecular weight is 393 g/mol. The molecule has 3 N–H and O–H groups in total. The predicted molar refractivity (Wildman–Crippen MR) is 116 cm³/mol. The Morgan fingerprint density at radius 2 is 1.97 bits per heavy atom. The minimum Gasteiger partial charge on any atom is -0.399 e. The van der Waals surface area contributed by atoms with Gasteiger partial charge in [-0.25, -0.2) is 0 Å². The van der Waals surface area contributed by atoms with Crippen LogP contribution in [-0.2, 0) is 11.3 Å². The molecule has 0 radical (unpaired) electrons. The molecule has 4 rings (SSSR count). The van der Waals surface area contributed by atoms with Gasteiger partial charge in [0.25, 0.3) is 5.91 Å². The van der Waals surface area contributed by atoms with Gasteiger partial charge >= 0.3 is 0 Å². The molecule has 6 heteroatoms. The molecule has 0 unspecified atom stereocenters. The number of ether oxygens (including phenoxy) is 1. The number of hydrogen-bond acceptors (Lipinski definition) is 4. The fraction of sp³-hybridized carbons (Fsp3) is 0.348. The lowest BCUT2D eigenvalue weighted by Crippen LogP contribution is -2.41. The number of morpholine rings is 1. The number of rotatable bonds is 6. The first-order valence-electron chi connectivity index (χ1n) is 10.1. The van der Waals surface area contributed by atoms with Crippen molar-refractivity contribution < 1.29 is 9.53 Å². The number of nitrogen functional groups attached to an aromatic ring is 1. The van der Waals surface area contributed by atoms with Gasteiger partial charge in [0.2, 0.25) is 0 Å². The van der Waals surface area contributed by atoms with Gasteiger partial charge in [0, 0.05) is 49.3 Å². The van der Waals surface area contributed by atoms with E-state index in [4.69, 9.17) is 10.5 Å². The maximum absolute atomic E-state index is 13.0. The molecule has 152 valence electrons. The molecule has 1 aliphatic heterocycles. The van der Waals surface area contributed by atoms with Crippen LogP contribution < -0.4 is 11.1 Å². The molecule has 0 aliphatic carbocycles. The minimum atomic E-state index is -0.0549. The number of anilines is 1. The zero-order chi connectivity index (χ0) is 20.2. The molecular weight excluding hydrogens is 364 g/mol. The van der Waals surface area contributed by atoms with Crippen LogP contribution in [0.15, 0.2) is 48.5 Å². The third-order valence-electron chi connectivity index (χ3n) is 5.40. The van der Waals surface area contributed by atoms with Gasteiger partial charge in [-0.2, -0.15) is 0 Å². The quantitative estimate of drug-likeness (QED) is 0.633. The van der Waals surface area contributed by atoms with E-state index in [2.05, 4.69) is 46.0 Å². The standard InChI is InChI=1S/C23H28N4O2/c1-17-3-2-4-18(13-17)16-27-21-6-5-20(24)14-19(21)15-22(27)23(28)25-7-8-26-9-11-29-12-10-26/h2-6,13-15H,7-12,16,24H2,1H3,(H,25,28). The number of benzene rings is 2. The number of hydrogen-bond donors (Lipinski definition) is 2. The summed E-state index contributed by atoms with van der Waals surface area (Å²) in [6.07, 6.45) is 0. The highest BCUT2D eigenvalue weighted by Crippen LogP contribution is 2.24.